The monoisotopic (exact) mass is 366 g/mol. The molecule has 0 spiro atoms. The highest BCUT2D eigenvalue weighted by Crippen LogP contribution is 2.37. The lowest BCUT2D eigenvalue weighted by Crippen LogP contribution is -2.37. The maximum absolute atomic E-state index is 6.17. The average molecular weight is 367 g/mol. The van der Waals surface area contributed by atoms with Gasteiger partial charge in [0, 0.05) is 23.1 Å². The van der Waals surface area contributed by atoms with Crippen molar-refractivity contribution in [1.82, 2.24) is 10.3 Å². The number of amidine groups is 1. The third kappa shape index (κ3) is 3.41. The normalized spacial score (nSPS) is 22.6. The van der Waals surface area contributed by atoms with E-state index >= 15 is 0 Å². The number of hydrogen-bond donors (Lipinski definition) is 3. The standard InChI is InChI=1S/C21H26N4S/c1-13-10-15(7-8-23-13)14(2)18-12-24-19-6-5-16(11-17(18)19)25-21(22)20-4-3-9-26-20/h3-6,9,11-15,23-24H,7-8,10H2,1-2H3,(H2,22,25). The molecule has 4 nitrogen and oxygen atoms in total. The lowest BCUT2D eigenvalue weighted by atomic mass is 9.79. The summed E-state index contributed by atoms with van der Waals surface area (Å²) in [6.07, 6.45) is 4.65. The van der Waals surface area contributed by atoms with Crippen LogP contribution in [0.25, 0.3) is 10.9 Å². The first-order valence-electron chi connectivity index (χ1n) is 9.34. The van der Waals surface area contributed by atoms with Gasteiger partial charge in [-0.1, -0.05) is 13.0 Å². The molecule has 3 unspecified atom stereocenters. The van der Waals surface area contributed by atoms with E-state index < -0.39 is 0 Å². The Balaban J connectivity index is 1.65. The van der Waals surface area contributed by atoms with Crippen LogP contribution in [0.4, 0.5) is 5.69 Å². The minimum atomic E-state index is 0.530. The Morgan fingerprint density at radius 1 is 1.35 bits per heavy atom. The van der Waals surface area contributed by atoms with Crippen molar-refractivity contribution >= 4 is 33.8 Å². The molecular formula is C21H26N4S. The van der Waals surface area contributed by atoms with Crippen molar-refractivity contribution < 1.29 is 0 Å². The van der Waals surface area contributed by atoms with E-state index in [2.05, 4.69) is 47.5 Å². The van der Waals surface area contributed by atoms with Gasteiger partial charge in [-0.15, -0.1) is 11.3 Å². The molecule has 2 aromatic heterocycles. The van der Waals surface area contributed by atoms with Gasteiger partial charge in [-0.3, -0.25) is 0 Å². The molecule has 3 atom stereocenters. The van der Waals surface area contributed by atoms with Crippen molar-refractivity contribution in [2.45, 2.75) is 38.6 Å². The predicted octanol–water partition coefficient (Wildman–Crippen LogP) is 4.76. The highest BCUT2D eigenvalue weighted by molar-refractivity contribution is 7.12. The molecule has 5 heteroatoms. The van der Waals surface area contributed by atoms with Gasteiger partial charge in [0.1, 0.15) is 5.84 Å². The van der Waals surface area contributed by atoms with Crippen molar-refractivity contribution in [3.63, 3.8) is 0 Å². The summed E-state index contributed by atoms with van der Waals surface area (Å²) in [4.78, 5) is 9.08. The molecule has 1 saturated heterocycles. The van der Waals surface area contributed by atoms with Crippen molar-refractivity contribution in [1.29, 1.82) is 0 Å². The van der Waals surface area contributed by atoms with Gasteiger partial charge in [-0.25, -0.2) is 4.99 Å². The lowest BCUT2D eigenvalue weighted by Gasteiger charge is -2.32. The second-order valence-corrected chi connectivity index (χ2v) is 8.32. The maximum Gasteiger partial charge on any atom is 0.141 e. The first-order chi connectivity index (χ1) is 12.6. The Kier molecular flexibility index (Phi) is 4.83. The van der Waals surface area contributed by atoms with Gasteiger partial charge in [0.15, 0.2) is 0 Å². The molecule has 26 heavy (non-hydrogen) atoms. The van der Waals surface area contributed by atoms with Gasteiger partial charge in [-0.2, -0.15) is 0 Å². The number of rotatable bonds is 4. The van der Waals surface area contributed by atoms with E-state index in [1.54, 1.807) is 11.3 Å². The fraction of sp³-hybridized carbons (Fsp3) is 0.381. The van der Waals surface area contributed by atoms with Gasteiger partial charge in [0.25, 0.3) is 0 Å². The third-order valence-corrected chi connectivity index (χ3v) is 6.47. The Labute approximate surface area is 158 Å². The second kappa shape index (κ2) is 7.25. The number of H-pyrrole nitrogens is 1. The van der Waals surface area contributed by atoms with Crippen LogP contribution in [0.15, 0.2) is 46.9 Å². The van der Waals surface area contributed by atoms with Crippen LogP contribution >= 0.6 is 11.3 Å². The van der Waals surface area contributed by atoms with Gasteiger partial charge in [0.2, 0.25) is 0 Å². The van der Waals surface area contributed by atoms with Crippen LogP contribution in [0.5, 0.6) is 0 Å². The Bertz CT molecular complexity index is 909. The number of nitrogens with two attached hydrogens (primary N) is 1. The van der Waals surface area contributed by atoms with E-state index in [1.807, 2.05) is 23.6 Å². The first-order valence-corrected chi connectivity index (χ1v) is 10.2. The number of aliphatic imine (C=N–C) groups is 1. The molecule has 0 amide bonds. The van der Waals surface area contributed by atoms with Crippen molar-refractivity contribution in [2.24, 2.45) is 16.6 Å². The van der Waals surface area contributed by atoms with Crippen molar-refractivity contribution in [3.05, 3.63) is 52.3 Å². The third-order valence-electron chi connectivity index (χ3n) is 5.58. The zero-order chi connectivity index (χ0) is 18.1. The summed E-state index contributed by atoms with van der Waals surface area (Å²) in [6.45, 7) is 5.76. The number of piperidine rings is 1. The highest BCUT2D eigenvalue weighted by Gasteiger charge is 2.26. The van der Waals surface area contributed by atoms with Crippen LogP contribution in [0.1, 0.15) is 43.0 Å². The Morgan fingerprint density at radius 3 is 3.00 bits per heavy atom. The number of thiophene rings is 1. The summed E-state index contributed by atoms with van der Waals surface area (Å²) in [5.41, 5.74) is 9.64. The van der Waals surface area contributed by atoms with E-state index in [9.17, 15) is 0 Å². The zero-order valence-corrected chi connectivity index (χ0v) is 16.1. The quantitative estimate of drug-likeness (QED) is 0.460. The van der Waals surface area contributed by atoms with Gasteiger partial charge >= 0.3 is 0 Å². The lowest BCUT2D eigenvalue weighted by molar-refractivity contribution is 0.283. The highest BCUT2D eigenvalue weighted by atomic mass is 32.1. The van der Waals surface area contributed by atoms with Crippen LogP contribution in [0.2, 0.25) is 0 Å². The zero-order valence-electron chi connectivity index (χ0n) is 15.3. The van der Waals surface area contributed by atoms with Gasteiger partial charge in [0.05, 0.1) is 10.6 Å². The number of nitrogens with zero attached hydrogens (tertiary/aromatic N) is 1. The van der Waals surface area contributed by atoms with Crippen LogP contribution in [0, 0.1) is 5.92 Å². The summed E-state index contributed by atoms with van der Waals surface area (Å²) < 4.78 is 0. The summed E-state index contributed by atoms with van der Waals surface area (Å²) in [6, 6.07) is 10.9. The van der Waals surface area contributed by atoms with Crippen LogP contribution < -0.4 is 11.1 Å². The summed E-state index contributed by atoms with van der Waals surface area (Å²) in [7, 11) is 0. The maximum atomic E-state index is 6.17. The second-order valence-electron chi connectivity index (χ2n) is 7.38. The van der Waals surface area contributed by atoms with Crippen LogP contribution in [-0.2, 0) is 0 Å². The molecule has 3 aromatic rings. The largest absolute Gasteiger partial charge is 0.383 e. The van der Waals surface area contributed by atoms with E-state index in [-0.39, 0.29) is 0 Å². The SMILES string of the molecule is CC1CC(C(C)c2c[nH]c3ccc(N=C(N)c4cccs4)cc23)CCN1. The Hall–Kier alpha value is -2.11. The minimum absolute atomic E-state index is 0.530. The predicted molar refractivity (Wildman–Crippen MR) is 112 cm³/mol. The summed E-state index contributed by atoms with van der Waals surface area (Å²) in [5, 5.41) is 6.84. The number of fused-ring (bicyclic) bond motifs is 1. The Morgan fingerprint density at radius 2 is 2.23 bits per heavy atom. The van der Waals surface area contributed by atoms with E-state index in [1.165, 1.54) is 29.3 Å². The van der Waals surface area contributed by atoms with E-state index in [0.29, 0.717) is 23.7 Å². The van der Waals surface area contributed by atoms with Crippen LogP contribution in [-0.4, -0.2) is 23.4 Å². The number of aromatic amines is 1. The fourth-order valence-electron chi connectivity index (χ4n) is 4.07. The number of benzene rings is 1. The molecule has 0 radical (unpaired) electrons. The van der Waals surface area contributed by atoms with Gasteiger partial charge < -0.3 is 16.0 Å². The van der Waals surface area contributed by atoms with Crippen LogP contribution in [0.3, 0.4) is 0 Å². The van der Waals surface area contributed by atoms with Crippen molar-refractivity contribution in [2.75, 3.05) is 6.54 Å². The molecule has 0 aliphatic carbocycles. The molecule has 1 aliphatic rings. The minimum Gasteiger partial charge on any atom is -0.383 e. The molecule has 1 aliphatic heterocycles. The molecule has 4 N–H and O–H groups in total. The molecule has 1 fully saturated rings. The number of nitrogens with one attached hydrogen (secondary N) is 2. The van der Waals surface area contributed by atoms with Gasteiger partial charge in [-0.05, 0) is 73.4 Å². The average Bonchev–Trinajstić information content (AvgIpc) is 3.31. The molecule has 136 valence electrons. The smallest absolute Gasteiger partial charge is 0.141 e. The topological polar surface area (TPSA) is 66.2 Å². The van der Waals surface area contributed by atoms with E-state index in [4.69, 9.17) is 5.73 Å². The number of hydrogen-bond acceptors (Lipinski definition) is 3. The molecule has 1 aromatic carbocycles. The summed E-state index contributed by atoms with van der Waals surface area (Å²) >= 11 is 1.61. The summed E-state index contributed by atoms with van der Waals surface area (Å²) in [5.74, 6) is 1.83. The molecular weight excluding hydrogens is 340 g/mol. The fourth-order valence-corrected chi connectivity index (χ4v) is 4.70. The molecule has 0 saturated carbocycles. The molecule has 0 bridgehead atoms. The molecule has 4 rings (SSSR count). The van der Waals surface area contributed by atoms with Crippen molar-refractivity contribution in [3.8, 4) is 0 Å². The number of aromatic nitrogens is 1. The van der Waals surface area contributed by atoms with E-state index in [0.717, 1.165) is 17.1 Å². The first kappa shape index (κ1) is 17.3. The molecule has 3 heterocycles.